The second-order valence-corrected chi connectivity index (χ2v) is 9.43. The Labute approximate surface area is 187 Å². The van der Waals surface area contributed by atoms with Crippen LogP contribution in [0.25, 0.3) is 5.57 Å². The van der Waals surface area contributed by atoms with Crippen LogP contribution in [0.15, 0.2) is 52.8 Å². The van der Waals surface area contributed by atoms with Crippen LogP contribution in [0.4, 0.5) is 10.1 Å². The molecule has 2 N–H and O–H groups in total. The normalized spacial score (nSPS) is 24.3. The van der Waals surface area contributed by atoms with E-state index < -0.39 is 5.82 Å². The van der Waals surface area contributed by atoms with Gasteiger partial charge in [0.15, 0.2) is 5.82 Å². The minimum atomic E-state index is -0.410. The minimum absolute atomic E-state index is 0.0539. The van der Waals surface area contributed by atoms with Crippen molar-refractivity contribution in [3.05, 3.63) is 70.0 Å². The molecule has 7 heteroatoms. The van der Waals surface area contributed by atoms with Crippen LogP contribution in [0.3, 0.4) is 0 Å². The van der Waals surface area contributed by atoms with E-state index in [0.717, 1.165) is 32.5 Å². The predicted octanol–water partition coefficient (Wildman–Crippen LogP) is 5.92. The average molecular weight is 440 g/mol. The Morgan fingerprint density at radius 1 is 1.23 bits per heavy atom. The molecule has 3 aliphatic rings. The summed E-state index contributed by atoms with van der Waals surface area (Å²) in [5.41, 5.74) is 5.08. The van der Waals surface area contributed by atoms with Gasteiger partial charge in [-0.2, -0.15) is 5.11 Å². The summed E-state index contributed by atoms with van der Waals surface area (Å²) >= 11 is 6.04. The molecule has 0 bridgehead atoms. The zero-order valence-electron chi connectivity index (χ0n) is 17.8. The van der Waals surface area contributed by atoms with Gasteiger partial charge in [0.05, 0.1) is 16.8 Å². The number of hydrogen-bond acceptors (Lipinski definition) is 5. The van der Waals surface area contributed by atoms with Gasteiger partial charge in [0.1, 0.15) is 11.6 Å². The monoisotopic (exact) mass is 439 g/mol. The Kier molecular flexibility index (Phi) is 5.22. The average Bonchev–Trinajstić information content (AvgIpc) is 2.98. The fourth-order valence-corrected chi connectivity index (χ4v) is 5.11. The van der Waals surface area contributed by atoms with Crippen molar-refractivity contribution in [2.75, 3.05) is 25.0 Å². The van der Waals surface area contributed by atoms with E-state index in [0.29, 0.717) is 5.69 Å². The van der Waals surface area contributed by atoms with Crippen LogP contribution >= 0.6 is 11.6 Å². The highest BCUT2D eigenvalue weighted by atomic mass is 35.5. The van der Waals surface area contributed by atoms with E-state index in [1.165, 1.54) is 22.3 Å². The van der Waals surface area contributed by atoms with E-state index in [1.807, 2.05) is 0 Å². The van der Waals surface area contributed by atoms with Gasteiger partial charge >= 0.3 is 0 Å². The van der Waals surface area contributed by atoms with Gasteiger partial charge in [-0.15, -0.1) is 0 Å². The van der Waals surface area contributed by atoms with Crippen LogP contribution < -0.4 is 10.6 Å². The fraction of sp³-hybridized carbons (Fsp3) is 0.417. The zero-order chi connectivity index (χ0) is 21.6. The number of rotatable bonds is 3. The topological polar surface area (TPSA) is 52.0 Å². The lowest BCUT2D eigenvalue weighted by molar-refractivity contribution is 0.198. The lowest BCUT2D eigenvalue weighted by Crippen LogP contribution is -2.33. The second-order valence-electron chi connectivity index (χ2n) is 9.02. The largest absolute Gasteiger partial charge is 0.376 e. The smallest absolute Gasteiger partial charge is 0.164 e. The van der Waals surface area contributed by atoms with Crippen molar-refractivity contribution in [2.45, 2.75) is 44.3 Å². The first-order valence-electron chi connectivity index (χ1n) is 10.9. The van der Waals surface area contributed by atoms with Crippen molar-refractivity contribution in [3.8, 4) is 0 Å². The number of hydrogen-bond donors (Lipinski definition) is 2. The lowest BCUT2D eigenvalue weighted by atomic mass is 9.84. The summed E-state index contributed by atoms with van der Waals surface area (Å²) < 4.78 is 14.7. The maximum absolute atomic E-state index is 14.7. The number of benzene rings is 2. The van der Waals surface area contributed by atoms with Crippen molar-refractivity contribution in [1.29, 1.82) is 0 Å². The van der Waals surface area contributed by atoms with Crippen molar-refractivity contribution in [1.82, 2.24) is 10.3 Å². The fourth-order valence-electron chi connectivity index (χ4n) is 4.94. The molecule has 31 heavy (non-hydrogen) atoms. The molecular weight excluding hydrogens is 413 g/mol. The number of halogens is 2. The van der Waals surface area contributed by atoms with Gasteiger partial charge in [0.2, 0.25) is 0 Å². The molecule has 0 aliphatic carbocycles. The van der Waals surface area contributed by atoms with Crippen molar-refractivity contribution in [3.63, 3.8) is 0 Å². The van der Waals surface area contributed by atoms with E-state index >= 15 is 0 Å². The second kappa shape index (κ2) is 7.92. The third-order valence-corrected chi connectivity index (χ3v) is 6.80. The minimum Gasteiger partial charge on any atom is -0.376 e. The maximum Gasteiger partial charge on any atom is 0.164 e. The SMILES string of the molecule is CC1(C)N=NN2CCC(Nc3cccc(Cl)c3F)c3cc(C4=CCNCC4)ccc3C21. The number of fused-ring (bicyclic) bond motifs is 3. The number of nitrogens with one attached hydrogen (secondary N) is 2. The van der Waals surface area contributed by atoms with Crippen LogP contribution in [0.1, 0.15) is 55.5 Å². The predicted molar refractivity (Wildman–Crippen MR) is 123 cm³/mol. The first-order valence-corrected chi connectivity index (χ1v) is 11.3. The van der Waals surface area contributed by atoms with Gasteiger partial charge in [0.25, 0.3) is 0 Å². The Hall–Kier alpha value is -2.44. The molecule has 0 spiro atoms. The van der Waals surface area contributed by atoms with Crippen LogP contribution in [0, 0.1) is 5.82 Å². The van der Waals surface area contributed by atoms with Crippen molar-refractivity contribution in [2.24, 2.45) is 10.3 Å². The summed E-state index contributed by atoms with van der Waals surface area (Å²) in [6, 6.07) is 11.8. The van der Waals surface area contributed by atoms with Crippen molar-refractivity contribution < 1.29 is 4.39 Å². The third-order valence-electron chi connectivity index (χ3n) is 6.50. The van der Waals surface area contributed by atoms with Crippen LogP contribution in [0.5, 0.6) is 0 Å². The van der Waals surface area contributed by atoms with Gasteiger partial charge in [-0.3, -0.25) is 5.01 Å². The zero-order valence-corrected chi connectivity index (χ0v) is 18.6. The summed E-state index contributed by atoms with van der Waals surface area (Å²) in [7, 11) is 0. The first-order chi connectivity index (χ1) is 14.9. The summed E-state index contributed by atoms with van der Waals surface area (Å²) in [6.45, 7) is 6.87. The Morgan fingerprint density at radius 2 is 2.10 bits per heavy atom. The van der Waals surface area contributed by atoms with Crippen molar-refractivity contribution >= 4 is 22.9 Å². The van der Waals surface area contributed by atoms with E-state index in [1.54, 1.807) is 18.2 Å². The van der Waals surface area contributed by atoms with Gasteiger partial charge in [-0.05, 0) is 73.7 Å². The Balaban J connectivity index is 1.60. The van der Waals surface area contributed by atoms with Gasteiger partial charge in [0, 0.05) is 13.1 Å². The molecular formula is C24H27ClFN5. The quantitative estimate of drug-likeness (QED) is 0.624. The molecule has 2 unspecified atom stereocenters. The molecule has 0 amide bonds. The molecule has 5 rings (SSSR count). The summed E-state index contributed by atoms with van der Waals surface area (Å²) in [4.78, 5) is 0. The molecule has 2 aromatic rings. The molecule has 3 aliphatic heterocycles. The standard InChI is InChI=1S/C24H27ClFN5/c1-24(2)23-17-7-6-16(15-8-11-27-12-9-15)14-18(17)20(10-13-31(23)30-29-24)28-21-5-3-4-19(25)22(21)26/h3-8,14,20,23,27-28H,9-13H2,1-2H3. The molecule has 162 valence electrons. The lowest BCUT2D eigenvalue weighted by Gasteiger charge is -2.30. The highest BCUT2D eigenvalue weighted by Gasteiger charge is 2.44. The molecule has 0 radical (unpaired) electrons. The molecule has 2 atom stereocenters. The summed E-state index contributed by atoms with van der Waals surface area (Å²) in [5, 5.41) is 18.0. The van der Waals surface area contributed by atoms with Gasteiger partial charge in [-0.25, -0.2) is 4.39 Å². The van der Waals surface area contributed by atoms with Gasteiger partial charge < -0.3 is 10.6 Å². The van der Waals surface area contributed by atoms with Crippen LogP contribution in [-0.2, 0) is 0 Å². The van der Waals surface area contributed by atoms with Crippen LogP contribution in [-0.4, -0.2) is 30.2 Å². The third kappa shape index (κ3) is 3.72. The highest BCUT2D eigenvalue weighted by molar-refractivity contribution is 6.31. The summed E-state index contributed by atoms with van der Waals surface area (Å²) in [6.07, 6.45) is 4.05. The van der Waals surface area contributed by atoms with Crippen LogP contribution in [0.2, 0.25) is 5.02 Å². The maximum atomic E-state index is 14.7. The summed E-state index contributed by atoms with van der Waals surface area (Å²) in [5.74, 6) is -0.410. The van der Waals surface area contributed by atoms with E-state index in [-0.39, 0.29) is 22.6 Å². The molecule has 2 aromatic carbocycles. The number of nitrogens with zero attached hydrogens (tertiary/aromatic N) is 3. The van der Waals surface area contributed by atoms with E-state index in [2.05, 4.69) is 64.1 Å². The molecule has 0 saturated heterocycles. The molecule has 3 heterocycles. The number of anilines is 1. The van der Waals surface area contributed by atoms with E-state index in [9.17, 15) is 4.39 Å². The first kappa shape index (κ1) is 20.5. The Morgan fingerprint density at radius 3 is 2.90 bits per heavy atom. The molecule has 0 aromatic heterocycles. The van der Waals surface area contributed by atoms with Gasteiger partial charge in [-0.1, -0.05) is 41.1 Å². The Bertz CT molecular complexity index is 1060. The highest BCUT2D eigenvalue weighted by Crippen LogP contribution is 2.46. The molecule has 0 saturated carbocycles. The molecule has 5 nitrogen and oxygen atoms in total. The van der Waals surface area contributed by atoms with E-state index in [4.69, 9.17) is 11.6 Å². The molecule has 0 fully saturated rings.